The molecule has 3 amide bonds. The van der Waals surface area contributed by atoms with Crippen LogP contribution in [0, 0.1) is 0 Å². The molecule has 1 heterocycles. The molecule has 5 nitrogen and oxygen atoms in total. The Morgan fingerprint density at radius 1 is 1.15 bits per heavy atom. The molecule has 0 unspecified atom stereocenters. The Hall–Kier alpha value is -1.46. The third-order valence-corrected chi connectivity index (χ3v) is 3.39. The predicted octanol–water partition coefficient (Wildman–Crippen LogP) is 1.85. The van der Waals surface area contributed by atoms with E-state index in [2.05, 4.69) is 10.6 Å². The number of amides is 3. The Balaban J connectivity index is 2.22. The van der Waals surface area contributed by atoms with Crippen LogP contribution in [0.3, 0.4) is 0 Å². The highest BCUT2D eigenvalue weighted by Crippen LogP contribution is 2.22. The van der Waals surface area contributed by atoms with Crippen LogP contribution in [0.2, 0.25) is 0 Å². The quantitative estimate of drug-likeness (QED) is 0.622. The fourth-order valence-electron chi connectivity index (χ4n) is 2.13. The summed E-state index contributed by atoms with van der Waals surface area (Å²) in [6, 6.07) is 6.34. The summed E-state index contributed by atoms with van der Waals surface area (Å²) in [5, 5.41) is 4.80. The van der Waals surface area contributed by atoms with Crippen molar-refractivity contribution in [1.82, 2.24) is 10.6 Å². The standard InChI is InChI=1S/C13H15Cl2N3O2/c14-4-6-18(7-5-15)10-3-1-2-9(8-10)11-12(19)17-13(20)16-11/h1-3,8,11H,4-7H2,(H2,16,17,19,20)/t11-/m0/s1. The van der Waals surface area contributed by atoms with Gasteiger partial charge in [-0.3, -0.25) is 10.1 Å². The summed E-state index contributed by atoms with van der Waals surface area (Å²) < 4.78 is 0. The first-order valence-corrected chi connectivity index (χ1v) is 7.31. The van der Waals surface area contributed by atoms with Gasteiger partial charge in [0.25, 0.3) is 5.91 Å². The van der Waals surface area contributed by atoms with E-state index in [9.17, 15) is 9.59 Å². The second kappa shape index (κ2) is 6.81. The minimum absolute atomic E-state index is 0.339. The van der Waals surface area contributed by atoms with Gasteiger partial charge in [-0.1, -0.05) is 12.1 Å². The topological polar surface area (TPSA) is 61.4 Å². The number of rotatable bonds is 6. The molecule has 7 heteroatoms. The van der Waals surface area contributed by atoms with Gasteiger partial charge in [0.15, 0.2) is 0 Å². The van der Waals surface area contributed by atoms with Gasteiger partial charge in [0, 0.05) is 30.5 Å². The van der Waals surface area contributed by atoms with Crippen molar-refractivity contribution >= 4 is 40.8 Å². The van der Waals surface area contributed by atoms with Crippen LogP contribution in [-0.2, 0) is 4.79 Å². The van der Waals surface area contributed by atoms with Gasteiger partial charge in [0.1, 0.15) is 6.04 Å². The van der Waals surface area contributed by atoms with Crippen molar-refractivity contribution in [3.8, 4) is 0 Å². The van der Waals surface area contributed by atoms with Crippen molar-refractivity contribution in [1.29, 1.82) is 0 Å². The van der Waals surface area contributed by atoms with Crippen LogP contribution >= 0.6 is 23.2 Å². The number of nitrogens with one attached hydrogen (secondary N) is 2. The lowest BCUT2D eigenvalue weighted by atomic mass is 10.1. The Bertz CT molecular complexity index is 504. The first-order valence-electron chi connectivity index (χ1n) is 6.24. The first kappa shape index (κ1) is 14.9. The number of alkyl halides is 2. The van der Waals surface area contributed by atoms with Crippen LogP contribution in [0.4, 0.5) is 10.5 Å². The summed E-state index contributed by atoms with van der Waals surface area (Å²) in [5.74, 6) is 0.636. The largest absolute Gasteiger partial charge is 0.369 e. The van der Waals surface area contributed by atoms with E-state index >= 15 is 0 Å². The van der Waals surface area contributed by atoms with Crippen LogP contribution < -0.4 is 15.5 Å². The average Bonchev–Trinajstić information content (AvgIpc) is 2.78. The minimum Gasteiger partial charge on any atom is -0.369 e. The number of carbonyl (C=O) groups excluding carboxylic acids is 2. The van der Waals surface area contributed by atoms with Crippen LogP contribution in [0.5, 0.6) is 0 Å². The first-order chi connectivity index (χ1) is 9.65. The maximum absolute atomic E-state index is 11.7. The second-order valence-electron chi connectivity index (χ2n) is 4.36. The molecule has 20 heavy (non-hydrogen) atoms. The normalized spacial score (nSPS) is 17.8. The third kappa shape index (κ3) is 3.35. The van der Waals surface area contributed by atoms with Gasteiger partial charge in [-0.15, -0.1) is 23.2 Å². The Morgan fingerprint density at radius 2 is 1.85 bits per heavy atom. The van der Waals surface area contributed by atoms with Crippen LogP contribution in [-0.4, -0.2) is 36.8 Å². The number of carbonyl (C=O) groups is 2. The van der Waals surface area contributed by atoms with E-state index in [1.54, 1.807) is 6.07 Å². The van der Waals surface area contributed by atoms with Gasteiger partial charge in [-0.25, -0.2) is 4.79 Å². The van der Waals surface area contributed by atoms with E-state index in [4.69, 9.17) is 23.2 Å². The minimum atomic E-state index is -0.642. The number of urea groups is 1. The monoisotopic (exact) mass is 315 g/mol. The maximum Gasteiger partial charge on any atom is 0.322 e. The van der Waals surface area contributed by atoms with Crippen molar-refractivity contribution < 1.29 is 9.59 Å². The fourth-order valence-corrected chi connectivity index (χ4v) is 2.53. The van der Waals surface area contributed by atoms with Gasteiger partial charge in [0.2, 0.25) is 0 Å². The SMILES string of the molecule is O=C1NC(=O)[C@H](c2cccc(N(CCCl)CCCl)c2)N1. The van der Waals surface area contributed by atoms with Crippen molar-refractivity contribution in [3.05, 3.63) is 29.8 Å². The van der Waals surface area contributed by atoms with E-state index < -0.39 is 12.1 Å². The zero-order valence-electron chi connectivity index (χ0n) is 10.7. The highest BCUT2D eigenvalue weighted by atomic mass is 35.5. The molecule has 1 aliphatic rings. The van der Waals surface area contributed by atoms with E-state index in [1.807, 2.05) is 23.1 Å². The summed E-state index contributed by atoms with van der Waals surface area (Å²) in [7, 11) is 0. The molecule has 0 spiro atoms. The molecule has 2 N–H and O–H groups in total. The summed E-state index contributed by atoms with van der Waals surface area (Å²) in [4.78, 5) is 24.9. The number of benzene rings is 1. The number of halogens is 2. The Kier molecular flexibility index (Phi) is 5.09. The van der Waals surface area contributed by atoms with Crippen molar-refractivity contribution in [2.24, 2.45) is 0 Å². The Labute approximate surface area is 127 Å². The number of hydrogen-bond acceptors (Lipinski definition) is 3. The molecule has 1 aromatic carbocycles. The number of hydrogen-bond donors (Lipinski definition) is 2. The number of anilines is 1. The zero-order chi connectivity index (χ0) is 14.5. The van der Waals surface area contributed by atoms with Gasteiger partial charge in [0.05, 0.1) is 0 Å². The molecule has 0 saturated carbocycles. The van der Waals surface area contributed by atoms with Gasteiger partial charge < -0.3 is 10.2 Å². The molecule has 1 saturated heterocycles. The van der Waals surface area contributed by atoms with Gasteiger partial charge >= 0.3 is 6.03 Å². The van der Waals surface area contributed by atoms with Gasteiger partial charge in [-0.05, 0) is 17.7 Å². The highest BCUT2D eigenvalue weighted by Gasteiger charge is 2.30. The zero-order valence-corrected chi connectivity index (χ0v) is 12.2. The van der Waals surface area contributed by atoms with Crippen molar-refractivity contribution in [2.45, 2.75) is 6.04 Å². The molecule has 0 radical (unpaired) electrons. The van der Waals surface area contributed by atoms with Crippen LogP contribution in [0.15, 0.2) is 24.3 Å². The summed E-state index contributed by atoms with van der Waals surface area (Å²) in [6.45, 7) is 1.34. The molecule has 1 aromatic rings. The number of imide groups is 1. The molecule has 1 atom stereocenters. The van der Waals surface area contributed by atoms with Crippen LogP contribution in [0.1, 0.15) is 11.6 Å². The molecule has 0 aromatic heterocycles. The third-order valence-electron chi connectivity index (χ3n) is 3.05. The molecule has 2 rings (SSSR count). The summed E-state index contributed by atoms with van der Waals surface area (Å²) in [5.41, 5.74) is 1.66. The van der Waals surface area contributed by atoms with Crippen molar-refractivity contribution in [3.63, 3.8) is 0 Å². The molecular formula is C13H15Cl2N3O2. The summed E-state index contributed by atoms with van der Waals surface area (Å²) >= 11 is 11.6. The van der Waals surface area contributed by atoms with E-state index in [1.165, 1.54) is 0 Å². The van der Waals surface area contributed by atoms with E-state index in [0.717, 1.165) is 11.3 Å². The predicted molar refractivity (Wildman–Crippen MR) is 79.5 cm³/mol. The highest BCUT2D eigenvalue weighted by molar-refractivity contribution is 6.18. The molecule has 0 aliphatic carbocycles. The van der Waals surface area contributed by atoms with Crippen molar-refractivity contribution in [2.75, 3.05) is 29.7 Å². The molecule has 108 valence electrons. The number of nitrogens with zero attached hydrogens (tertiary/aromatic N) is 1. The maximum atomic E-state index is 11.7. The smallest absolute Gasteiger partial charge is 0.322 e. The lowest BCUT2D eigenvalue weighted by Crippen LogP contribution is -2.28. The molecular weight excluding hydrogens is 301 g/mol. The average molecular weight is 316 g/mol. The Morgan fingerprint density at radius 3 is 2.40 bits per heavy atom. The second-order valence-corrected chi connectivity index (χ2v) is 5.11. The van der Waals surface area contributed by atoms with Gasteiger partial charge in [-0.2, -0.15) is 0 Å². The molecule has 1 aliphatic heterocycles. The molecule has 0 bridgehead atoms. The lowest BCUT2D eigenvalue weighted by molar-refractivity contribution is -0.120. The fraction of sp³-hybridized carbons (Fsp3) is 0.385. The summed E-state index contributed by atoms with van der Waals surface area (Å²) in [6.07, 6.45) is 0. The van der Waals surface area contributed by atoms with E-state index in [-0.39, 0.29) is 5.91 Å². The van der Waals surface area contributed by atoms with E-state index in [0.29, 0.717) is 24.8 Å². The molecule has 1 fully saturated rings. The lowest BCUT2D eigenvalue weighted by Gasteiger charge is -2.23. The van der Waals surface area contributed by atoms with Crippen LogP contribution in [0.25, 0.3) is 0 Å².